The number of benzene rings is 1. The summed E-state index contributed by atoms with van der Waals surface area (Å²) in [4.78, 5) is 27.5. The van der Waals surface area contributed by atoms with E-state index in [9.17, 15) is 14.7 Å². The van der Waals surface area contributed by atoms with Crippen molar-refractivity contribution in [1.29, 1.82) is 0 Å². The van der Waals surface area contributed by atoms with Crippen LogP contribution in [0.25, 0.3) is 11.5 Å². The average Bonchev–Trinajstić information content (AvgIpc) is 2.56. The second-order valence-electron chi connectivity index (χ2n) is 4.51. The number of hydrogen-bond acceptors (Lipinski definition) is 4. The van der Waals surface area contributed by atoms with Crippen LogP contribution in [0.5, 0.6) is 5.88 Å². The monoisotopic (exact) mass is 293 g/mol. The molecule has 0 atom stereocenters. The first kappa shape index (κ1) is 13.7. The molecule has 0 aliphatic rings. The summed E-state index contributed by atoms with van der Waals surface area (Å²) in [5.41, 5.74) is -0.523. The number of aldehydes is 1. The van der Waals surface area contributed by atoms with E-state index < -0.39 is 11.6 Å². The zero-order valence-corrected chi connectivity index (χ0v) is 11.4. The molecule has 0 radical (unpaired) electrons. The van der Waals surface area contributed by atoms with Crippen molar-refractivity contribution < 1.29 is 14.5 Å². The predicted molar refractivity (Wildman–Crippen MR) is 76.2 cm³/mol. The number of rotatable bonds is 3. The Bertz CT molecular complexity index is 874. The van der Waals surface area contributed by atoms with Crippen molar-refractivity contribution in [3.05, 3.63) is 77.0 Å². The lowest BCUT2D eigenvalue weighted by Gasteiger charge is -2.16. The van der Waals surface area contributed by atoms with Gasteiger partial charge in [-0.25, -0.2) is 9.36 Å². The van der Waals surface area contributed by atoms with E-state index in [1.807, 2.05) is 0 Å². The first-order valence-corrected chi connectivity index (χ1v) is 6.53. The lowest BCUT2D eigenvalue weighted by Crippen LogP contribution is -2.38. The van der Waals surface area contributed by atoms with Crippen LogP contribution in [-0.2, 0) is 0 Å². The Labute approximate surface area is 125 Å². The zero-order chi connectivity index (χ0) is 15.5. The van der Waals surface area contributed by atoms with E-state index in [1.54, 1.807) is 60.9 Å². The molecule has 0 saturated heterocycles. The van der Waals surface area contributed by atoms with Gasteiger partial charge < -0.3 is 5.11 Å². The second-order valence-corrected chi connectivity index (χ2v) is 4.51. The highest BCUT2D eigenvalue weighted by molar-refractivity contribution is 5.81. The molecule has 3 rings (SSSR count). The fourth-order valence-corrected chi connectivity index (χ4v) is 2.15. The lowest BCUT2D eigenvalue weighted by atomic mass is 10.2. The van der Waals surface area contributed by atoms with Crippen LogP contribution in [0.1, 0.15) is 10.4 Å². The van der Waals surface area contributed by atoms with E-state index in [0.717, 1.165) is 4.57 Å². The molecule has 0 spiro atoms. The Morgan fingerprint density at radius 1 is 1.05 bits per heavy atom. The van der Waals surface area contributed by atoms with E-state index >= 15 is 0 Å². The van der Waals surface area contributed by atoms with E-state index in [1.165, 1.54) is 4.57 Å². The van der Waals surface area contributed by atoms with Crippen LogP contribution in [0.2, 0.25) is 0 Å². The van der Waals surface area contributed by atoms with Crippen molar-refractivity contribution in [1.82, 2.24) is 9.55 Å². The summed E-state index contributed by atoms with van der Waals surface area (Å²) in [7, 11) is 0. The van der Waals surface area contributed by atoms with E-state index in [2.05, 4.69) is 4.98 Å². The van der Waals surface area contributed by atoms with Crippen LogP contribution in [0.15, 0.2) is 65.7 Å². The molecule has 22 heavy (non-hydrogen) atoms. The lowest BCUT2D eigenvalue weighted by molar-refractivity contribution is -0.600. The van der Waals surface area contributed by atoms with Gasteiger partial charge in [0.1, 0.15) is 5.56 Å². The van der Waals surface area contributed by atoms with Gasteiger partial charge in [-0.2, -0.15) is 0 Å². The Hall–Kier alpha value is -3.28. The standard InChI is InChI=1S/C16H11N3O3/c20-11-13-14(18-9-5-2-6-10-18)17-16(22)19(15(13)21)12-7-3-1-4-8-12/h1-11H. The van der Waals surface area contributed by atoms with Gasteiger partial charge in [-0.1, -0.05) is 24.3 Å². The average molecular weight is 293 g/mol. The molecule has 0 bridgehead atoms. The molecule has 0 fully saturated rings. The summed E-state index contributed by atoms with van der Waals surface area (Å²) < 4.78 is 2.35. The molecule has 1 aromatic carbocycles. The maximum atomic E-state index is 12.5. The Balaban J connectivity index is 2.30. The number of pyridine rings is 1. The molecular formula is C16H11N3O3. The Morgan fingerprint density at radius 3 is 2.32 bits per heavy atom. The minimum atomic E-state index is -0.729. The summed E-state index contributed by atoms with van der Waals surface area (Å²) in [5.74, 6) is -0.662. The number of para-hydroxylation sites is 1. The van der Waals surface area contributed by atoms with Gasteiger partial charge in [-0.3, -0.25) is 9.36 Å². The van der Waals surface area contributed by atoms with Crippen molar-refractivity contribution in [2.45, 2.75) is 0 Å². The van der Waals surface area contributed by atoms with Gasteiger partial charge in [0.15, 0.2) is 6.29 Å². The zero-order valence-electron chi connectivity index (χ0n) is 11.4. The summed E-state index contributed by atoms with van der Waals surface area (Å²) in [6, 6.07) is 13.6. The maximum Gasteiger partial charge on any atom is 0.461 e. The number of hydrogen-bond donors (Lipinski definition) is 0. The Kier molecular flexibility index (Phi) is 3.49. The predicted octanol–water partition coefficient (Wildman–Crippen LogP) is 0.395. The maximum absolute atomic E-state index is 12.5. The first-order valence-electron chi connectivity index (χ1n) is 6.53. The van der Waals surface area contributed by atoms with Crippen LogP contribution < -0.4 is 15.4 Å². The second kappa shape index (κ2) is 5.61. The largest absolute Gasteiger partial charge is 0.859 e. The van der Waals surface area contributed by atoms with Crippen molar-refractivity contribution in [3.63, 3.8) is 0 Å². The van der Waals surface area contributed by atoms with E-state index in [-0.39, 0.29) is 11.4 Å². The van der Waals surface area contributed by atoms with Crippen LogP contribution in [0.4, 0.5) is 0 Å². The molecular weight excluding hydrogens is 282 g/mol. The minimum Gasteiger partial charge on any atom is -0.859 e. The summed E-state index contributed by atoms with van der Waals surface area (Å²) in [6.07, 6.45) is 3.64. The van der Waals surface area contributed by atoms with Crippen LogP contribution in [-0.4, -0.2) is 15.8 Å². The molecule has 3 aromatic rings. The summed E-state index contributed by atoms with van der Waals surface area (Å²) >= 11 is 0. The van der Waals surface area contributed by atoms with Crippen LogP contribution in [0, 0.1) is 0 Å². The van der Waals surface area contributed by atoms with Gasteiger partial charge in [0.25, 0.3) is 0 Å². The minimum absolute atomic E-state index is 0.0257. The van der Waals surface area contributed by atoms with E-state index in [0.29, 0.717) is 12.0 Å². The first-order chi connectivity index (χ1) is 10.7. The van der Waals surface area contributed by atoms with Gasteiger partial charge >= 0.3 is 11.5 Å². The van der Waals surface area contributed by atoms with Crippen LogP contribution in [0.3, 0.4) is 0 Å². The molecule has 2 heterocycles. The normalized spacial score (nSPS) is 10.4. The SMILES string of the molecule is O=Cc1c(-[n+]2ccccc2)nc(=O)n(-c2ccccc2)c1[O-]. The third-order valence-electron chi connectivity index (χ3n) is 3.16. The quantitative estimate of drug-likeness (QED) is 0.517. The van der Waals surface area contributed by atoms with Gasteiger partial charge in [-0.05, 0) is 30.1 Å². The molecule has 2 aromatic heterocycles. The number of carbonyl (C=O) groups is 1. The third kappa shape index (κ3) is 2.26. The highest BCUT2D eigenvalue weighted by Crippen LogP contribution is 2.17. The van der Waals surface area contributed by atoms with Gasteiger partial charge in [0.05, 0.1) is 18.1 Å². The topological polar surface area (TPSA) is 78.9 Å². The van der Waals surface area contributed by atoms with Crippen molar-refractivity contribution in [2.75, 3.05) is 0 Å². The molecule has 6 heteroatoms. The number of nitrogens with zero attached hydrogens (tertiary/aromatic N) is 3. The molecule has 0 unspecified atom stereocenters. The smallest absolute Gasteiger partial charge is 0.461 e. The molecule has 0 saturated carbocycles. The van der Waals surface area contributed by atoms with Gasteiger partial charge in [0, 0.05) is 4.98 Å². The number of carbonyl (C=O) groups excluding carboxylic acids is 1. The molecule has 108 valence electrons. The molecule has 0 N–H and O–H groups in total. The molecule has 0 aliphatic carbocycles. The Morgan fingerprint density at radius 2 is 1.68 bits per heavy atom. The summed E-state index contributed by atoms with van der Waals surface area (Å²) in [5, 5.41) is 12.5. The molecule has 6 nitrogen and oxygen atoms in total. The fourth-order valence-electron chi connectivity index (χ4n) is 2.15. The third-order valence-corrected chi connectivity index (χ3v) is 3.16. The van der Waals surface area contributed by atoms with Crippen molar-refractivity contribution >= 4 is 6.29 Å². The van der Waals surface area contributed by atoms with E-state index in [4.69, 9.17) is 0 Å². The highest BCUT2D eigenvalue weighted by atomic mass is 16.3. The molecule has 0 aliphatic heterocycles. The summed E-state index contributed by atoms with van der Waals surface area (Å²) in [6.45, 7) is 0. The number of aromatic nitrogens is 3. The van der Waals surface area contributed by atoms with Crippen LogP contribution >= 0.6 is 0 Å². The fraction of sp³-hybridized carbons (Fsp3) is 0. The molecule has 0 amide bonds. The van der Waals surface area contributed by atoms with Crippen molar-refractivity contribution in [3.8, 4) is 17.4 Å². The highest BCUT2D eigenvalue weighted by Gasteiger charge is 2.21. The van der Waals surface area contributed by atoms with Crippen molar-refractivity contribution in [2.24, 2.45) is 0 Å². The van der Waals surface area contributed by atoms with Gasteiger partial charge in [0.2, 0.25) is 0 Å². The van der Waals surface area contributed by atoms with Gasteiger partial charge in [-0.15, -0.1) is 0 Å².